The number of hydrogen-bond acceptors (Lipinski definition) is 2. The SMILES string of the molecule is CC(C)(C)c1cc(C(Pc2ccccc2)c2cc(C(C)(C)C)cc(C(C)(C)C)c2O)c(O)c(C(C)(C)C)c1. The predicted molar refractivity (Wildman–Crippen MR) is 167 cm³/mol. The highest BCUT2D eigenvalue weighted by Crippen LogP contribution is 2.52. The molecule has 0 aliphatic carbocycles. The van der Waals surface area contributed by atoms with Crippen molar-refractivity contribution < 1.29 is 10.2 Å². The molecule has 3 aromatic carbocycles. The van der Waals surface area contributed by atoms with E-state index in [-0.39, 0.29) is 27.3 Å². The zero-order chi connectivity index (χ0) is 28.8. The molecule has 0 aliphatic heterocycles. The fraction of sp³-hybridized carbons (Fsp3) is 0.486. The number of aromatic hydroxyl groups is 2. The summed E-state index contributed by atoms with van der Waals surface area (Å²) in [5, 5.41) is 25.0. The zero-order valence-electron chi connectivity index (χ0n) is 25.7. The molecule has 2 nitrogen and oxygen atoms in total. The van der Waals surface area contributed by atoms with Crippen LogP contribution in [0.1, 0.15) is 122 Å². The van der Waals surface area contributed by atoms with Crippen LogP contribution in [-0.2, 0) is 21.7 Å². The minimum atomic E-state index is -0.230. The largest absolute Gasteiger partial charge is 0.507 e. The molecular formula is C35H49O2P. The first kappa shape index (κ1) is 30.2. The molecule has 0 radical (unpaired) electrons. The molecule has 1 atom stereocenters. The van der Waals surface area contributed by atoms with E-state index in [1.807, 2.05) is 6.07 Å². The van der Waals surface area contributed by atoms with Crippen molar-refractivity contribution in [3.63, 3.8) is 0 Å². The molecule has 206 valence electrons. The first-order valence-electron chi connectivity index (χ1n) is 13.8. The summed E-state index contributed by atoms with van der Waals surface area (Å²) in [4.78, 5) is 0. The summed E-state index contributed by atoms with van der Waals surface area (Å²) in [5.74, 6) is 0.689. The molecule has 0 aromatic heterocycles. The lowest BCUT2D eigenvalue weighted by Gasteiger charge is -2.32. The van der Waals surface area contributed by atoms with E-state index in [1.165, 1.54) is 16.4 Å². The number of benzene rings is 3. The monoisotopic (exact) mass is 532 g/mol. The molecule has 3 aromatic rings. The Labute approximate surface area is 233 Å². The first-order chi connectivity index (χ1) is 17.2. The number of phenols is 2. The number of rotatable bonds is 4. The molecule has 0 heterocycles. The van der Waals surface area contributed by atoms with E-state index < -0.39 is 0 Å². The second-order valence-corrected chi connectivity index (χ2v) is 16.3. The van der Waals surface area contributed by atoms with Crippen molar-refractivity contribution in [1.82, 2.24) is 0 Å². The Kier molecular flexibility index (Phi) is 8.23. The van der Waals surface area contributed by atoms with Crippen molar-refractivity contribution >= 4 is 13.9 Å². The predicted octanol–water partition coefficient (Wildman–Crippen LogP) is 9.38. The third kappa shape index (κ3) is 6.63. The van der Waals surface area contributed by atoms with Gasteiger partial charge in [-0.25, -0.2) is 0 Å². The molecule has 0 saturated heterocycles. The Hall–Kier alpha value is -2.31. The highest BCUT2D eigenvalue weighted by atomic mass is 31.1. The van der Waals surface area contributed by atoms with Gasteiger partial charge in [-0.1, -0.05) is 146 Å². The lowest BCUT2D eigenvalue weighted by Crippen LogP contribution is -2.20. The van der Waals surface area contributed by atoms with E-state index in [4.69, 9.17) is 0 Å². The molecule has 3 heteroatoms. The van der Waals surface area contributed by atoms with Crippen molar-refractivity contribution in [2.24, 2.45) is 0 Å². The topological polar surface area (TPSA) is 40.5 Å². The summed E-state index contributed by atoms with van der Waals surface area (Å²) in [6, 6.07) is 19.2. The van der Waals surface area contributed by atoms with E-state index in [9.17, 15) is 10.2 Å². The normalized spacial score (nSPS) is 13.6. The second kappa shape index (κ2) is 10.3. The molecule has 0 fully saturated rings. The highest BCUT2D eigenvalue weighted by Gasteiger charge is 2.33. The van der Waals surface area contributed by atoms with Crippen LogP contribution < -0.4 is 5.30 Å². The fourth-order valence-corrected chi connectivity index (χ4v) is 6.26. The first-order valence-corrected chi connectivity index (χ1v) is 14.9. The van der Waals surface area contributed by atoms with Crippen LogP contribution in [0.15, 0.2) is 54.6 Å². The maximum Gasteiger partial charge on any atom is 0.123 e. The van der Waals surface area contributed by atoms with Gasteiger partial charge in [-0.05, 0) is 49.2 Å². The molecule has 0 saturated carbocycles. The Morgan fingerprint density at radius 2 is 0.895 bits per heavy atom. The molecule has 38 heavy (non-hydrogen) atoms. The molecular weight excluding hydrogens is 483 g/mol. The van der Waals surface area contributed by atoms with Crippen LogP contribution >= 0.6 is 8.58 Å². The lowest BCUT2D eigenvalue weighted by molar-refractivity contribution is 0.432. The Morgan fingerprint density at radius 3 is 1.21 bits per heavy atom. The standard InChI is InChI=1S/C35H49O2P/c1-32(2,3)22-18-25(29(36)27(20-22)34(7,8)9)31(38-24-16-14-13-15-17-24)26-19-23(33(4,5)6)21-28(30(26)37)35(10,11)12/h13-21,31,36-38H,1-12H3. The summed E-state index contributed by atoms with van der Waals surface area (Å²) in [7, 11) is 0.342. The van der Waals surface area contributed by atoms with Gasteiger partial charge in [0.25, 0.3) is 0 Å². The van der Waals surface area contributed by atoms with Gasteiger partial charge in [-0.3, -0.25) is 0 Å². The minimum Gasteiger partial charge on any atom is -0.507 e. The van der Waals surface area contributed by atoms with Crippen LogP contribution in [0, 0.1) is 0 Å². The van der Waals surface area contributed by atoms with Gasteiger partial charge in [-0.2, -0.15) is 0 Å². The molecule has 0 amide bonds. The van der Waals surface area contributed by atoms with Gasteiger partial charge in [0.1, 0.15) is 11.5 Å². The summed E-state index contributed by atoms with van der Waals surface area (Å²) in [6.07, 6.45) is 0. The Morgan fingerprint density at radius 1 is 0.526 bits per heavy atom. The van der Waals surface area contributed by atoms with Crippen LogP contribution in [0.25, 0.3) is 0 Å². The van der Waals surface area contributed by atoms with Gasteiger partial charge in [0.2, 0.25) is 0 Å². The van der Waals surface area contributed by atoms with Crippen molar-refractivity contribution in [1.29, 1.82) is 0 Å². The summed E-state index contributed by atoms with van der Waals surface area (Å²) >= 11 is 0. The third-order valence-electron chi connectivity index (χ3n) is 7.33. The van der Waals surface area contributed by atoms with E-state index in [2.05, 4.69) is 132 Å². The van der Waals surface area contributed by atoms with Crippen LogP contribution in [0.3, 0.4) is 0 Å². The lowest BCUT2D eigenvalue weighted by atomic mass is 9.76. The molecule has 0 bridgehead atoms. The number of hydrogen-bond donors (Lipinski definition) is 2. The second-order valence-electron chi connectivity index (χ2n) is 14.9. The van der Waals surface area contributed by atoms with Crippen molar-refractivity contribution in [2.45, 2.75) is 110 Å². The van der Waals surface area contributed by atoms with Gasteiger partial charge in [0, 0.05) is 16.8 Å². The zero-order valence-corrected chi connectivity index (χ0v) is 26.7. The van der Waals surface area contributed by atoms with Gasteiger partial charge >= 0.3 is 0 Å². The van der Waals surface area contributed by atoms with Gasteiger partial charge < -0.3 is 10.2 Å². The summed E-state index contributed by atoms with van der Waals surface area (Å²) in [5.41, 5.74) is 5.25. The molecule has 1 unspecified atom stereocenters. The van der Waals surface area contributed by atoms with Gasteiger partial charge in [0.05, 0.1) is 0 Å². The Balaban J connectivity index is 2.47. The molecule has 0 aliphatic rings. The van der Waals surface area contributed by atoms with Crippen molar-refractivity contribution in [3.8, 4) is 11.5 Å². The van der Waals surface area contributed by atoms with E-state index in [0.29, 0.717) is 20.1 Å². The van der Waals surface area contributed by atoms with Gasteiger partial charge in [0.15, 0.2) is 0 Å². The van der Waals surface area contributed by atoms with E-state index in [1.54, 1.807) is 0 Å². The summed E-state index contributed by atoms with van der Waals surface area (Å²) < 4.78 is 0. The van der Waals surface area contributed by atoms with E-state index >= 15 is 0 Å². The van der Waals surface area contributed by atoms with Crippen molar-refractivity contribution in [2.75, 3.05) is 0 Å². The van der Waals surface area contributed by atoms with E-state index in [0.717, 1.165) is 22.3 Å². The minimum absolute atomic E-state index is 0.0886. The van der Waals surface area contributed by atoms with Crippen LogP contribution in [0.4, 0.5) is 0 Å². The molecule has 0 spiro atoms. The van der Waals surface area contributed by atoms with Crippen LogP contribution in [0.2, 0.25) is 0 Å². The number of phenolic OH excluding ortho intramolecular Hbond substituents is 2. The Bertz CT molecular complexity index is 1200. The third-order valence-corrected chi connectivity index (χ3v) is 8.91. The average molecular weight is 533 g/mol. The fourth-order valence-electron chi connectivity index (χ4n) is 4.79. The van der Waals surface area contributed by atoms with Crippen LogP contribution in [-0.4, -0.2) is 10.2 Å². The smallest absolute Gasteiger partial charge is 0.123 e. The molecule has 2 N–H and O–H groups in total. The maximum absolute atomic E-state index is 11.9. The average Bonchev–Trinajstić information content (AvgIpc) is 2.75. The molecule has 3 rings (SSSR count). The van der Waals surface area contributed by atoms with Crippen LogP contribution in [0.5, 0.6) is 11.5 Å². The highest BCUT2D eigenvalue weighted by molar-refractivity contribution is 7.47. The van der Waals surface area contributed by atoms with Crippen molar-refractivity contribution in [3.05, 3.63) is 88.0 Å². The summed E-state index contributed by atoms with van der Waals surface area (Å²) in [6.45, 7) is 26.3. The van der Waals surface area contributed by atoms with Gasteiger partial charge in [-0.15, -0.1) is 0 Å². The quantitative estimate of drug-likeness (QED) is 0.329. The maximum atomic E-state index is 11.9.